The van der Waals surface area contributed by atoms with E-state index in [-0.39, 0.29) is 5.79 Å². The number of ether oxygens (including phenoxy) is 2. The van der Waals surface area contributed by atoms with E-state index in [1.165, 1.54) is 11.3 Å². The maximum atomic E-state index is 5.84. The quantitative estimate of drug-likeness (QED) is 0.905. The van der Waals surface area contributed by atoms with Crippen LogP contribution in [0.4, 0.5) is 5.69 Å². The minimum atomic E-state index is -0.311. The highest BCUT2D eigenvalue weighted by atomic mass is 79.9. The molecule has 0 aromatic heterocycles. The van der Waals surface area contributed by atoms with Crippen LogP contribution in [0.2, 0.25) is 0 Å². The summed E-state index contributed by atoms with van der Waals surface area (Å²) in [5.74, 6) is -0.311. The molecule has 4 nitrogen and oxygen atoms in total. The summed E-state index contributed by atoms with van der Waals surface area (Å²) in [5.41, 5.74) is 8.26. The Morgan fingerprint density at radius 1 is 1.21 bits per heavy atom. The molecule has 2 aliphatic rings. The fourth-order valence-electron chi connectivity index (χ4n) is 2.90. The molecule has 2 aliphatic heterocycles. The number of nitrogens with two attached hydrogens (primary N) is 1. The van der Waals surface area contributed by atoms with Gasteiger partial charge in [0.05, 0.1) is 13.2 Å². The van der Waals surface area contributed by atoms with Gasteiger partial charge in [-0.3, -0.25) is 0 Å². The molecule has 1 aromatic carbocycles. The molecular weight excluding hydrogens is 308 g/mol. The van der Waals surface area contributed by atoms with Crippen LogP contribution in [0.25, 0.3) is 0 Å². The van der Waals surface area contributed by atoms with E-state index >= 15 is 0 Å². The molecule has 0 atom stereocenters. The predicted molar refractivity (Wildman–Crippen MR) is 78.1 cm³/mol. The number of benzene rings is 1. The Morgan fingerprint density at radius 2 is 1.89 bits per heavy atom. The van der Waals surface area contributed by atoms with Crippen LogP contribution in [-0.2, 0) is 16.0 Å². The predicted octanol–water partition coefficient (Wildman–Crippen LogP) is 2.25. The van der Waals surface area contributed by atoms with Crippen molar-refractivity contribution in [2.75, 3.05) is 31.2 Å². The van der Waals surface area contributed by atoms with Gasteiger partial charge in [-0.05, 0) is 23.8 Å². The van der Waals surface area contributed by atoms with Crippen molar-refractivity contribution in [3.63, 3.8) is 0 Å². The number of rotatable bonds is 2. The first-order chi connectivity index (χ1) is 9.22. The first kappa shape index (κ1) is 13.4. The first-order valence-corrected chi connectivity index (χ1v) is 7.53. The summed E-state index contributed by atoms with van der Waals surface area (Å²) < 4.78 is 12.6. The second-order valence-corrected chi connectivity index (χ2v) is 5.99. The average Bonchev–Trinajstić information content (AvgIpc) is 2.88. The van der Waals surface area contributed by atoms with Crippen LogP contribution in [0.1, 0.15) is 18.4 Å². The van der Waals surface area contributed by atoms with Crippen molar-refractivity contribution in [1.82, 2.24) is 0 Å². The van der Waals surface area contributed by atoms with Gasteiger partial charge in [0.25, 0.3) is 0 Å². The Hall–Kier alpha value is -0.620. The molecule has 2 saturated heterocycles. The van der Waals surface area contributed by atoms with Crippen LogP contribution < -0.4 is 10.6 Å². The molecular formula is C14H19BrN2O2. The van der Waals surface area contributed by atoms with Crippen molar-refractivity contribution < 1.29 is 9.47 Å². The van der Waals surface area contributed by atoms with Gasteiger partial charge in [0, 0.05) is 42.6 Å². The summed E-state index contributed by atoms with van der Waals surface area (Å²) >= 11 is 3.50. The van der Waals surface area contributed by atoms with Crippen LogP contribution in [0.3, 0.4) is 0 Å². The monoisotopic (exact) mass is 326 g/mol. The highest BCUT2D eigenvalue weighted by Gasteiger charge is 2.39. The van der Waals surface area contributed by atoms with Crippen molar-refractivity contribution in [3.05, 3.63) is 28.2 Å². The maximum Gasteiger partial charge on any atom is 0.171 e. The summed E-state index contributed by atoms with van der Waals surface area (Å²) in [6, 6.07) is 6.31. The molecule has 2 fully saturated rings. The summed E-state index contributed by atoms with van der Waals surface area (Å²) in [6.07, 6.45) is 1.85. The molecule has 0 bridgehead atoms. The van der Waals surface area contributed by atoms with Crippen LogP contribution in [0, 0.1) is 0 Å². The number of anilines is 1. The van der Waals surface area contributed by atoms with Crippen LogP contribution in [0.15, 0.2) is 22.7 Å². The molecule has 5 heteroatoms. The molecule has 1 aromatic rings. The lowest BCUT2D eigenvalue weighted by Gasteiger charge is -2.39. The molecule has 0 aliphatic carbocycles. The zero-order valence-electron chi connectivity index (χ0n) is 10.9. The van der Waals surface area contributed by atoms with Gasteiger partial charge in [0.1, 0.15) is 0 Å². The van der Waals surface area contributed by atoms with Gasteiger partial charge < -0.3 is 20.1 Å². The Bertz CT molecular complexity index is 451. The zero-order chi connectivity index (χ0) is 13.3. The number of nitrogens with zero attached hydrogens (tertiary/aromatic N) is 1. The SMILES string of the molecule is NCc1cc(Br)ccc1N1CCC2(CC1)OCCO2. The van der Waals surface area contributed by atoms with E-state index in [1.807, 2.05) is 0 Å². The summed E-state index contributed by atoms with van der Waals surface area (Å²) in [5, 5.41) is 0. The lowest BCUT2D eigenvalue weighted by molar-refractivity contribution is -0.169. The van der Waals surface area contributed by atoms with E-state index in [0.717, 1.165) is 43.6 Å². The second-order valence-electron chi connectivity index (χ2n) is 5.07. The number of hydrogen-bond donors (Lipinski definition) is 1. The van der Waals surface area contributed by atoms with Gasteiger partial charge in [0.2, 0.25) is 0 Å². The topological polar surface area (TPSA) is 47.7 Å². The largest absolute Gasteiger partial charge is 0.371 e. The summed E-state index contributed by atoms with van der Waals surface area (Å²) in [6.45, 7) is 3.92. The Balaban J connectivity index is 1.74. The smallest absolute Gasteiger partial charge is 0.171 e. The van der Waals surface area contributed by atoms with Gasteiger partial charge >= 0.3 is 0 Å². The van der Waals surface area contributed by atoms with Gasteiger partial charge in [-0.2, -0.15) is 0 Å². The lowest BCUT2D eigenvalue weighted by atomic mass is 10.0. The highest BCUT2D eigenvalue weighted by molar-refractivity contribution is 9.10. The molecule has 0 amide bonds. The van der Waals surface area contributed by atoms with E-state index in [9.17, 15) is 0 Å². The Labute approximate surface area is 122 Å². The maximum absolute atomic E-state index is 5.84. The highest BCUT2D eigenvalue weighted by Crippen LogP contribution is 2.34. The molecule has 2 N–H and O–H groups in total. The number of piperidine rings is 1. The van der Waals surface area contributed by atoms with E-state index < -0.39 is 0 Å². The molecule has 3 rings (SSSR count). The molecule has 1 spiro atoms. The fourth-order valence-corrected chi connectivity index (χ4v) is 3.31. The fraction of sp³-hybridized carbons (Fsp3) is 0.571. The van der Waals surface area contributed by atoms with Gasteiger partial charge in [-0.15, -0.1) is 0 Å². The third-order valence-corrected chi connectivity index (χ3v) is 4.43. The van der Waals surface area contributed by atoms with Crippen molar-refractivity contribution in [2.24, 2.45) is 5.73 Å². The molecule has 0 saturated carbocycles. The van der Waals surface area contributed by atoms with Gasteiger partial charge in [-0.25, -0.2) is 0 Å². The van der Waals surface area contributed by atoms with Crippen molar-refractivity contribution in [1.29, 1.82) is 0 Å². The van der Waals surface area contributed by atoms with E-state index in [4.69, 9.17) is 15.2 Å². The van der Waals surface area contributed by atoms with Crippen molar-refractivity contribution in [3.8, 4) is 0 Å². The van der Waals surface area contributed by atoms with Crippen LogP contribution in [0.5, 0.6) is 0 Å². The van der Waals surface area contributed by atoms with Gasteiger partial charge in [-0.1, -0.05) is 15.9 Å². The minimum Gasteiger partial charge on any atom is -0.371 e. The second kappa shape index (κ2) is 5.40. The van der Waals surface area contributed by atoms with E-state index in [1.54, 1.807) is 0 Å². The molecule has 0 unspecified atom stereocenters. The van der Waals surface area contributed by atoms with E-state index in [0.29, 0.717) is 6.54 Å². The molecule has 0 radical (unpaired) electrons. The van der Waals surface area contributed by atoms with Gasteiger partial charge in [0.15, 0.2) is 5.79 Å². The third kappa shape index (κ3) is 2.65. The zero-order valence-corrected chi connectivity index (χ0v) is 12.5. The normalized spacial score (nSPS) is 22.1. The number of hydrogen-bond acceptors (Lipinski definition) is 4. The van der Waals surface area contributed by atoms with Crippen LogP contribution in [-0.4, -0.2) is 32.1 Å². The Morgan fingerprint density at radius 3 is 2.53 bits per heavy atom. The van der Waals surface area contributed by atoms with Crippen LogP contribution >= 0.6 is 15.9 Å². The molecule has 19 heavy (non-hydrogen) atoms. The third-order valence-electron chi connectivity index (χ3n) is 3.94. The summed E-state index contributed by atoms with van der Waals surface area (Å²) in [4.78, 5) is 2.38. The molecule has 104 valence electrons. The summed E-state index contributed by atoms with van der Waals surface area (Å²) in [7, 11) is 0. The number of halogens is 1. The standard InChI is InChI=1S/C14H19BrN2O2/c15-12-1-2-13(11(9-12)10-16)17-5-3-14(4-6-17)18-7-8-19-14/h1-2,9H,3-8,10,16H2. The average molecular weight is 327 g/mol. The first-order valence-electron chi connectivity index (χ1n) is 6.74. The minimum absolute atomic E-state index is 0.311. The van der Waals surface area contributed by atoms with E-state index in [2.05, 4.69) is 39.0 Å². The van der Waals surface area contributed by atoms with Crippen molar-refractivity contribution >= 4 is 21.6 Å². The van der Waals surface area contributed by atoms with Crippen molar-refractivity contribution in [2.45, 2.75) is 25.2 Å². The Kier molecular flexibility index (Phi) is 3.80. The lowest BCUT2D eigenvalue weighted by Crippen LogP contribution is -2.45. The molecule has 2 heterocycles.